The Morgan fingerprint density at radius 1 is 1.43 bits per heavy atom. The largest absolute Gasteiger partial charge is 0.475 e. The van der Waals surface area contributed by atoms with E-state index in [9.17, 15) is 9.59 Å². The third-order valence-electron chi connectivity index (χ3n) is 3.15. The van der Waals surface area contributed by atoms with E-state index in [2.05, 4.69) is 0 Å². The molecule has 0 saturated carbocycles. The van der Waals surface area contributed by atoms with Gasteiger partial charge in [0.2, 0.25) is 5.76 Å². The molecule has 0 aliphatic carbocycles. The van der Waals surface area contributed by atoms with Gasteiger partial charge in [0.1, 0.15) is 0 Å². The van der Waals surface area contributed by atoms with Crippen molar-refractivity contribution in [3.8, 4) is 0 Å². The highest BCUT2D eigenvalue weighted by molar-refractivity contribution is 5.93. The van der Waals surface area contributed by atoms with E-state index in [-0.39, 0.29) is 23.5 Å². The lowest BCUT2D eigenvalue weighted by Gasteiger charge is -2.42. The smallest absolute Gasteiger partial charge is 0.371 e. The summed E-state index contributed by atoms with van der Waals surface area (Å²) in [6.45, 7) is 4.93. The number of carbonyl (C=O) groups excluding carboxylic acids is 1. The normalized spacial score (nSPS) is 21.3. The zero-order chi connectivity index (χ0) is 15.6. The van der Waals surface area contributed by atoms with Gasteiger partial charge in [0.05, 0.1) is 18.3 Å². The fraction of sp³-hybridized carbons (Fsp3) is 0.571. The van der Waals surface area contributed by atoms with E-state index in [1.165, 1.54) is 12.1 Å². The van der Waals surface area contributed by atoms with E-state index >= 15 is 0 Å². The number of amides is 1. The van der Waals surface area contributed by atoms with Crippen LogP contribution in [0.25, 0.3) is 0 Å². The monoisotopic (exact) mass is 297 g/mol. The summed E-state index contributed by atoms with van der Waals surface area (Å²) in [5.74, 6) is -1.78. The van der Waals surface area contributed by atoms with Crippen LogP contribution in [0.5, 0.6) is 0 Å². The third-order valence-corrected chi connectivity index (χ3v) is 3.15. The van der Waals surface area contributed by atoms with E-state index in [1.54, 1.807) is 12.0 Å². The zero-order valence-electron chi connectivity index (χ0n) is 12.3. The standard InChI is InChI=1S/C14H19NO6/c1-14(2)8-15(6-9(21-14)7-19-3)12(16)10-4-5-11(20-10)13(17)18/h4-5,9H,6-8H2,1-3H3,(H,17,18). The van der Waals surface area contributed by atoms with E-state index in [1.807, 2.05) is 13.8 Å². The van der Waals surface area contributed by atoms with Crippen molar-refractivity contribution in [2.45, 2.75) is 25.6 Å². The molecule has 0 aromatic carbocycles. The summed E-state index contributed by atoms with van der Waals surface area (Å²) in [4.78, 5) is 24.8. The minimum absolute atomic E-state index is 0.0151. The molecule has 1 unspecified atom stereocenters. The number of carboxylic acid groups (broad SMARTS) is 1. The maximum atomic E-state index is 12.4. The van der Waals surface area contributed by atoms with Gasteiger partial charge in [-0.15, -0.1) is 0 Å². The Kier molecular flexibility index (Phi) is 4.34. The van der Waals surface area contributed by atoms with Crippen LogP contribution in [-0.4, -0.2) is 60.4 Å². The summed E-state index contributed by atoms with van der Waals surface area (Å²) in [6, 6.07) is 2.65. The molecule has 1 saturated heterocycles. The minimum Gasteiger partial charge on any atom is -0.475 e. The molecule has 0 radical (unpaired) electrons. The number of furan rings is 1. The fourth-order valence-electron chi connectivity index (χ4n) is 2.45. The number of aromatic carboxylic acids is 1. The average molecular weight is 297 g/mol. The molecule has 1 aromatic rings. The number of carboxylic acids is 1. The van der Waals surface area contributed by atoms with Gasteiger partial charge in [-0.1, -0.05) is 0 Å². The van der Waals surface area contributed by atoms with Gasteiger partial charge >= 0.3 is 5.97 Å². The molecule has 21 heavy (non-hydrogen) atoms. The van der Waals surface area contributed by atoms with Gasteiger partial charge in [0.25, 0.3) is 5.91 Å². The Hall–Kier alpha value is -1.86. The molecular weight excluding hydrogens is 278 g/mol. The lowest BCUT2D eigenvalue weighted by atomic mass is 10.0. The van der Waals surface area contributed by atoms with Crippen molar-refractivity contribution in [2.75, 3.05) is 26.8 Å². The summed E-state index contributed by atoms with van der Waals surface area (Å²) in [7, 11) is 1.57. The molecule has 1 N–H and O–H groups in total. The first kappa shape index (κ1) is 15.5. The molecule has 7 heteroatoms. The van der Waals surface area contributed by atoms with Gasteiger partial charge in [-0.2, -0.15) is 0 Å². The molecule has 2 rings (SSSR count). The molecule has 0 bridgehead atoms. The van der Waals surface area contributed by atoms with Crippen molar-refractivity contribution in [2.24, 2.45) is 0 Å². The van der Waals surface area contributed by atoms with Gasteiger partial charge in [-0.25, -0.2) is 4.79 Å². The lowest BCUT2D eigenvalue weighted by molar-refractivity contribution is -0.143. The van der Waals surface area contributed by atoms with Crippen LogP contribution in [0.15, 0.2) is 16.5 Å². The van der Waals surface area contributed by atoms with Crippen molar-refractivity contribution >= 4 is 11.9 Å². The maximum absolute atomic E-state index is 12.4. The SMILES string of the molecule is COCC1CN(C(=O)c2ccc(C(=O)O)o2)CC(C)(C)O1. The summed E-state index contributed by atoms with van der Waals surface area (Å²) >= 11 is 0. The Morgan fingerprint density at radius 2 is 2.10 bits per heavy atom. The molecule has 1 aliphatic heterocycles. The van der Waals surface area contributed by atoms with Crippen LogP contribution in [0, 0.1) is 0 Å². The molecule has 1 fully saturated rings. The van der Waals surface area contributed by atoms with Gasteiger partial charge < -0.3 is 23.9 Å². The zero-order valence-corrected chi connectivity index (χ0v) is 12.3. The predicted molar refractivity (Wildman–Crippen MR) is 72.4 cm³/mol. The first-order valence-electron chi connectivity index (χ1n) is 6.61. The number of rotatable bonds is 4. The van der Waals surface area contributed by atoms with E-state index in [0.29, 0.717) is 19.7 Å². The van der Waals surface area contributed by atoms with Gasteiger partial charge in [-0.05, 0) is 26.0 Å². The van der Waals surface area contributed by atoms with Gasteiger partial charge in [0.15, 0.2) is 5.76 Å². The molecule has 7 nitrogen and oxygen atoms in total. The maximum Gasteiger partial charge on any atom is 0.371 e. The van der Waals surface area contributed by atoms with E-state index < -0.39 is 11.6 Å². The summed E-state index contributed by atoms with van der Waals surface area (Å²) in [6.07, 6.45) is -0.225. The first-order chi connectivity index (χ1) is 9.82. The molecule has 116 valence electrons. The van der Waals surface area contributed by atoms with Crippen LogP contribution < -0.4 is 0 Å². The van der Waals surface area contributed by atoms with Crippen LogP contribution in [0.2, 0.25) is 0 Å². The fourth-order valence-corrected chi connectivity index (χ4v) is 2.45. The molecule has 2 heterocycles. The summed E-state index contributed by atoms with van der Waals surface area (Å²) in [5, 5.41) is 8.83. The number of morpholine rings is 1. The predicted octanol–water partition coefficient (Wildman–Crippen LogP) is 1.24. The van der Waals surface area contributed by atoms with Crippen LogP contribution in [0.1, 0.15) is 35.0 Å². The Balaban J connectivity index is 2.14. The Bertz CT molecular complexity index is 535. The molecular formula is C14H19NO6. The van der Waals surface area contributed by atoms with Gasteiger partial charge in [-0.3, -0.25) is 4.79 Å². The summed E-state index contributed by atoms with van der Waals surface area (Å²) < 4.78 is 16.0. The lowest BCUT2D eigenvalue weighted by Crippen LogP contribution is -2.55. The topological polar surface area (TPSA) is 89.2 Å². The highest BCUT2D eigenvalue weighted by Gasteiger charge is 2.36. The van der Waals surface area contributed by atoms with Crippen molar-refractivity contribution in [3.05, 3.63) is 23.7 Å². The third kappa shape index (κ3) is 3.62. The van der Waals surface area contributed by atoms with E-state index in [4.69, 9.17) is 19.0 Å². The molecule has 1 amide bonds. The highest BCUT2D eigenvalue weighted by atomic mass is 16.5. The van der Waals surface area contributed by atoms with Crippen LogP contribution in [0.4, 0.5) is 0 Å². The average Bonchev–Trinajstić information content (AvgIpc) is 2.86. The van der Waals surface area contributed by atoms with Crippen molar-refractivity contribution in [1.29, 1.82) is 0 Å². The highest BCUT2D eigenvalue weighted by Crippen LogP contribution is 2.23. The number of nitrogens with zero attached hydrogens (tertiary/aromatic N) is 1. The number of carbonyl (C=O) groups is 2. The van der Waals surface area contributed by atoms with Crippen molar-refractivity contribution in [3.63, 3.8) is 0 Å². The number of methoxy groups -OCH3 is 1. The molecule has 1 aromatic heterocycles. The van der Waals surface area contributed by atoms with Gasteiger partial charge in [0, 0.05) is 20.2 Å². The second-order valence-electron chi connectivity index (χ2n) is 5.61. The Labute approximate surface area is 122 Å². The second kappa shape index (κ2) is 5.87. The first-order valence-corrected chi connectivity index (χ1v) is 6.61. The minimum atomic E-state index is -1.20. The quantitative estimate of drug-likeness (QED) is 0.899. The van der Waals surface area contributed by atoms with Crippen molar-refractivity contribution in [1.82, 2.24) is 4.90 Å². The summed E-state index contributed by atoms with van der Waals surface area (Å²) in [5.41, 5.74) is -0.501. The number of ether oxygens (including phenoxy) is 2. The number of hydrogen-bond acceptors (Lipinski definition) is 5. The van der Waals surface area contributed by atoms with Crippen LogP contribution in [0.3, 0.4) is 0 Å². The molecule has 1 atom stereocenters. The second-order valence-corrected chi connectivity index (χ2v) is 5.61. The molecule has 1 aliphatic rings. The van der Waals surface area contributed by atoms with Crippen molar-refractivity contribution < 1.29 is 28.6 Å². The van der Waals surface area contributed by atoms with E-state index in [0.717, 1.165) is 0 Å². The van der Waals surface area contributed by atoms with Crippen LogP contribution >= 0.6 is 0 Å². The Morgan fingerprint density at radius 3 is 2.67 bits per heavy atom. The van der Waals surface area contributed by atoms with Crippen LogP contribution in [-0.2, 0) is 9.47 Å². The number of hydrogen-bond donors (Lipinski definition) is 1. The molecule has 0 spiro atoms.